The summed E-state index contributed by atoms with van der Waals surface area (Å²) in [5.74, 6) is -5.83. The molecule has 176 valence electrons. The zero-order chi connectivity index (χ0) is 24.5. The van der Waals surface area contributed by atoms with Gasteiger partial charge in [-0.25, -0.2) is 9.59 Å². The summed E-state index contributed by atoms with van der Waals surface area (Å²) in [6.45, 7) is 5.03. The van der Waals surface area contributed by atoms with Crippen LogP contribution in [0.2, 0.25) is 0 Å². The van der Waals surface area contributed by atoms with E-state index >= 15 is 0 Å². The summed E-state index contributed by atoms with van der Waals surface area (Å²) in [5.41, 5.74) is -1.05. The van der Waals surface area contributed by atoms with E-state index in [1.807, 2.05) is 0 Å². The van der Waals surface area contributed by atoms with Gasteiger partial charge in [-0.15, -0.1) is 11.8 Å². The van der Waals surface area contributed by atoms with E-state index in [0.717, 1.165) is 23.8 Å². The van der Waals surface area contributed by atoms with Gasteiger partial charge in [0.15, 0.2) is 5.92 Å². The van der Waals surface area contributed by atoms with Crippen LogP contribution in [0, 0.1) is 0 Å². The van der Waals surface area contributed by atoms with Crippen molar-refractivity contribution in [3.63, 3.8) is 0 Å². The summed E-state index contributed by atoms with van der Waals surface area (Å²) in [6.07, 6.45) is 0. The predicted octanol–water partition coefficient (Wildman–Crippen LogP) is 1.02. The number of rotatable bonds is 6. The highest BCUT2D eigenvalue weighted by Crippen LogP contribution is 2.41. The molecule has 1 saturated heterocycles. The zero-order valence-electron chi connectivity index (χ0n) is 18.5. The largest absolute Gasteiger partial charge is 0.477 e. The highest BCUT2D eigenvalue weighted by Gasteiger charge is 2.55. The molecule has 11 heteroatoms. The number of carboxylic acid groups (broad SMARTS) is 1. The number of hydrogen-bond acceptors (Lipinski definition) is 8. The fourth-order valence-corrected chi connectivity index (χ4v) is 4.86. The standard InChI is InChI=1S/C22H24N2O8S/c1-22(2,3)32-21(30)13(11-8-6-5-7-9-11)16(25)23-14-17(26)24-15(19(27)28)12(20(29)31-4)10-33-18(14)24/h5-9,13-14,18H,10H2,1-4H3,(H,23,25)(H,27,28)/t13?,14?,18-/m0/s1. The van der Waals surface area contributed by atoms with Crippen LogP contribution in [0.4, 0.5) is 0 Å². The third-order valence-corrected chi connectivity index (χ3v) is 6.22. The number of amides is 2. The molecule has 2 N–H and O–H groups in total. The van der Waals surface area contributed by atoms with Gasteiger partial charge in [0.25, 0.3) is 5.91 Å². The molecule has 0 aromatic heterocycles. The first-order chi connectivity index (χ1) is 15.5. The maximum atomic E-state index is 13.1. The van der Waals surface area contributed by atoms with Gasteiger partial charge in [-0.3, -0.25) is 19.3 Å². The first-order valence-electron chi connectivity index (χ1n) is 10.0. The van der Waals surface area contributed by atoms with Gasteiger partial charge in [0.05, 0.1) is 12.7 Å². The van der Waals surface area contributed by atoms with Crippen molar-refractivity contribution in [3.8, 4) is 0 Å². The number of carbonyl (C=O) groups excluding carboxylic acids is 4. The smallest absolute Gasteiger partial charge is 0.353 e. The number of hydrogen-bond donors (Lipinski definition) is 2. The van der Waals surface area contributed by atoms with Crippen LogP contribution < -0.4 is 5.32 Å². The van der Waals surface area contributed by atoms with Gasteiger partial charge in [-0.1, -0.05) is 30.3 Å². The van der Waals surface area contributed by atoms with Crippen LogP contribution in [0.15, 0.2) is 41.6 Å². The fraction of sp³-hybridized carbons (Fsp3) is 0.409. The van der Waals surface area contributed by atoms with Crippen LogP contribution in [0.1, 0.15) is 32.3 Å². The highest BCUT2D eigenvalue weighted by atomic mass is 32.2. The summed E-state index contributed by atoms with van der Waals surface area (Å²) in [7, 11) is 1.12. The number of methoxy groups -OCH3 is 1. The van der Waals surface area contributed by atoms with Crippen molar-refractivity contribution in [2.45, 2.75) is 43.7 Å². The molecule has 0 spiro atoms. The third-order valence-electron chi connectivity index (χ3n) is 4.94. The SMILES string of the molecule is COC(=O)C1=C(C(=O)O)N2C(=O)C(NC(=O)C(C(=O)OC(C)(C)C)c3ccccc3)[C@@H]2SC1. The number of ether oxygens (including phenoxy) is 2. The lowest BCUT2D eigenvalue weighted by Crippen LogP contribution is -2.71. The first-order valence-corrected chi connectivity index (χ1v) is 11.1. The van der Waals surface area contributed by atoms with Crippen LogP contribution in [0.25, 0.3) is 0 Å². The zero-order valence-corrected chi connectivity index (χ0v) is 19.3. The minimum absolute atomic E-state index is 0.0106. The third kappa shape index (κ3) is 4.87. The molecule has 0 aliphatic carbocycles. The Hall–Kier alpha value is -3.34. The number of nitrogens with one attached hydrogen (secondary N) is 1. The number of carboxylic acids is 1. The molecule has 0 radical (unpaired) electrons. The number of aliphatic carboxylic acids is 1. The molecule has 2 unspecified atom stereocenters. The Morgan fingerprint density at radius 2 is 1.82 bits per heavy atom. The van der Waals surface area contributed by atoms with Gasteiger partial charge in [0, 0.05) is 5.75 Å². The summed E-state index contributed by atoms with van der Waals surface area (Å²) in [4.78, 5) is 63.4. The number of esters is 2. The van der Waals surface area contributed by atoms with Crippen LogP contribution in [0.3, 0.4) is 0 Å². The highest BCUT2D eigenvalue weighted by molar-refractivity contribution is 8.00. The van der Waals surface area contributed by atoms with E-state index in [0.29, 0.717) is 5.56 Å². The van der Waals surface area contributed by atoms with Crippen molar-refractivity contribution < 1.29 is 38.6 Å². The van der Waals surface area contributed by atoms with Crippen molar-refractivity contribution in [2.75, 3.05) is 12.9 Å². The van der Waals surface area contributed by atoms with Gasteiger partial charge in [-0.05, 0) is 26.3 Å². The van der Waals surface area contributed by atoms with E-state index < -0.39 is 58.4 Å². The molecule has 3 rings (SSSR count). The quantitative estimate of drug-likeness (QED) is 0.350. The van der Waals surface area contributed by atoms with E-state index in [2.05, 4.69) is 10.1 Å². The number of carbonyl (C=O) groups is 5. The Balaban J connectivity index is 1.84. The van der Waals surface area contributed by atoms with Gasteiger partial charge in [0.1, 0.15) is 22.7 Å². The molecule has 10 nitrogen and oxygen atoms in total. The van der Waals surface area contributed by atoms with Crippen LogP contribution in [-0.4, -0.2) is 69.6 Å². The molecular weight excluding hydrogens is 452 g/mol. The van der Waals surface area contributed by atoms with Crippen LogP contribution >= 0.6 is 11.8 Å². The Bertz CT molecular complexity index is 1030. The average molecular weight is 477 g/mol. The number of nitrogens with zero attached hydrogens (tertiary/aromatic N) is 1. The summed E-state index contributed by atoms with van der Waals surface area (Å²) in [6, 6.07) is 7.22. The van der Waals surface area contributed by atoms with Crippen molar-refractivity contribution in [2.24, 2.45) is 0 Å². The van der Waals surface area contributed by atoms with Gasteiger partial charge >= 0.3 is 17.9 Å². The summed E-state index contributed by atoms with van der Waals surface area (Å²) >= 11 is 1.12. The van der Waals surface area contributed by atoms with E-state index in [1.165, 1.54) is 0 Å². The second kappa shape index (κ2) is 9.26. The molecule has 2 aliphatic rings. The minimum Gasteiger partial charge on any atom is -0.477 e. The summed E-state index contributed by atoms with van der Waals surface area (Å²) < 4.78 is 10.0. The van der Waals surface area contributed by atoms with Crippen molar-refractivity contribution in [1.82, 2.24) is 10.2 Å². The lowest BCUT2D eigenvalue weighted by atomic mass is 9.96. The van der Waals surface area contributed by atoms with Crippen molar-refractivity contribution >= 4 is 41.5 Å². The van der Waals surface area contributed by atoms with E-state index in [9.17, 15) is 29.1 Å². The number of fused-ring (bicyclic) bond motifs is 1. The van der Waals surface area contributed by atoms with Crippen LogP contribution in [-0.2, 0) is 33.4 Å². The molecule has 0 bridgehead atoms. The molecule has 2 aliphatic heterocycles. The second-order valence-electron chi connectivity index (χ2n) is 8.40. The predicted molar refractivity (Wildman–Crippen MR) is 117 cm³/mol. The van der Waals surface area contributed by atoms with E-state index in [1.54, 1.807) is 51.1 Å². The summed E-state index contributed by atoms with van der Waals surface area (Å²) in [5, 5.41) is 11.4. The first kappa shape index (κ1) is 24.3. The Morgan fingerprint density at radius 1 is 1.18 bits per heavy atom. The molecule has 1 aromatic rings. The lowest BCUT2D eigenvalue weighted by molar-refractivity contribution is -0.160. The van der Waals surface area contributed by atoms with E-state index in [-0.39, 0.29) is 11.3 Å². The minimum atomic E-state index is -1.45. The monoisotopic (exact) mass is 476 g/mol. The fourth-order valence-electron chi connectivity index (χ4n) is 3.54. The molecule has 2 amide bonds. The molecule has 2 heterocycles. The second-order valence-corrected chi connectivity index (χ2v) is 9.50. The van der Waals surface area contributed by atoms with Gasteiger partial charge in [0.2, 0.25) is 5.91 Å². The van der Waals surface area contributed by atoms with Gasteiger partial charge < -0.3 is 19.9 Å². The topological polar surface area (TPSA) is 139 Å². The van der Waals surface area contributed by atoms with E-state index in [4.69, 9.17) is 4.74 Å². The number of β-lactam (4-membered cyclic amide) rings is 1. The molecular formula is C22H24N2O8S. The maximum absolute atomic E-state index is 13.1. The molecule has 3 atom stereocenters. The van der Waals surface area contributed by atoms with Crippen molar-refractivity contribution in [1.29, 1.82) is 0 Å². The molecule has 0 saturated carbocycles. The Labute approximate surface area is 194 Å². The molecule has 1 fully saturated rings. The van der Waals surface area contributed by atoms with Crippen molar-refractivity contribution in [3.05, 3.63) is 47.2 Å². The Morgan fingerprint density at radius 3 is 2.36 bits per heavy atom. The lowest BCUT2D eigenvalue weighted by Gasteiger charge is -2.49. The Kier molecular flexibility index (Phi) is 6.82. The van der Waals surface area contributed by atoms with Crippen LogP contribution in [0.5, 0.6) is 0 Å². The van der Waals surface area contributed by atoms with Gasteiger partial charge in [-0.2, -0.15) is 0 Å². The maximum Gasteiger partial charge on any atom is 0.353 e. The molecule has 33 heavy (non-hydrogen) atoms. The molecule has 1 aromatic carbocycles. The number of benzene rings is 1. The average Bonchev–Trinajstić information content (AvgIpc) is 2.75. The normalized spacial score (nSPS) is 20.8. The number of thioether (sulfide) groups is 1.